The van der Waals surface area contributed by atoms with Gasteiger partial charge in [0.2, 0.25) is 0 Å². The number of aliphatic hydroxyl groups excluding tert-OH is 3. The minimum atomic E-state index is -0.954. The maximum Gasteiger partial charge on any atom is 0.305 e. The van der Waals surface area contributed by atoms with Crippen molar-refractivity contribution < 1.29 is 34.4 Å². The predicted octanol–water partition coefficient (Wildman–Crippen LogP) is 5.71. The van der Waals surface area contributed by atoms with Crippen LogP contribution in [0.5, 0.6) is 0 Å². The Morgan fingerprint density at radius 2 is 0.943 bits per heavy atom. The molecule has 210 valence electrons. The molecule has 0 saturated carbocycles. The van der Waals surface area contributed by atoms with Crippen LogP contribution in [0.1, 0.15) is 130 Å². The third kappa shape index (κ3) is 28.9. The average Bonchev–Trinajstić information content (AvgIpc) is 2.85. The Morgan fingerprint density at radius 1 is 0.629 bits per heavy atom. The first-order valence-corrected chi connectivity index (χ1v) is 13.9. The highest BCUT2D eigenvalue weighted by Gasteiger charge is 2.22. The summed E-state index contributed by atoms with van der Waals surface area (Å²) in [5, 5.41) is 24.0. The van der Waals surface area contributed by atoms with Gasteiger partial charge < -0.3 is 24.8 Å². The zero-order chi connectivity index (χ0) is 26.8. The van der Waals surface area contributed by atoms with Gasteiger partial charge >= 0.3 is 11.9 Å². The van der Waals surface area contributed by atoms with E-state index in [1.165, 1.54) is 64.2 Å². The molecule has 0 aromatic rings. The van der Waals surface area contributed by atoms with Crippen LogP contribution in [0.15, 0.2) is 0 Å². The van der Waals surface area contributed by atoms with Gasteiger partial charge in [-0.3, -0.25) is 9.59 Å². The van der Waals surface area contributed by atoms with Crippen LogP contribution < -0.4 is 0 Å². The van der Waals surface area contributed by atoms with E-state index in [4.69, 9.17) is 24.8 Å². The summed E-state index contributed by atoms with van der Waals surface area (Å²) in [4.78, 5) is 23.8. The molecule has 0 aromatic carbocycles. The summed E-state index contributed by atoms with van der Waals surface area (Å²) in [6, 6.07) is 0. The number of carbonyl (C=O) groups excluding carboxylic acids is 2. The van der Waals surface area contributed by atoms with Crippen LogP contribution in [0.4, 0.5) is 0 Å². The van der Waals surface area contributed by atoms with Crippen molar-refractivity contribution in [2.45, 2.75) is 137 Å². The Morgan fingerprint density at radius 3 is 1.23 bits per heavy atom. The first kappa shape index (κ1) is 36.0. The Balaban J connectivity index is 0. The first-order chi connectivity index (χ1) is 16.7. The minimum absolute atomic E-state index is 0.138. The summed E-state index contributed by atoms with van der Waals surface area (Å²) in [7, 11) is 0. The predicted molar refractivity (Wildman–Crippen MR) is 141 cm³/mol. The molecule has 0 aliphatic carbocycles. The Kier molecular flexibility index (Phi) is 26.6. The third-order valence-corrected chi connectivity index (χ3v) is 5.64. The van der Waals surface area contributed by atoms with Crippen LogP contribution in [-0.4, -0.2) is 59.8 Å². The molecule has 0 saturated heterocycles. The molecular formula is C28H56O7. The second-order valence-electron chi connectivity index (χ2n) is 10.2. The SMILES string of the molecule is CCCCCCCCCC(=O)OCC(C)(C)COC(=O)CCCCCCCCC.OCC(O)CO. The van der Waals surface area contributed by atoms with E-state index in [2.05, 4.69) is 13.8 Å². The number of aliphatic hydroxyl groups is 3. The molecule has 0 atom stereocenters. The van der Waals surface area contributed by atoms with E-state index in [0.29, 0.717) is 26.1 Å². The molecule has 0 aliphatic rings. The molecule has 35 heavy (non-hydrogen) atoms. The van der Waals surface area contributed by atoms with Gasteiger partial charge in [0, 0.05) is 18.3 Å². The monoisotopic (exact) mass is 504 g/mol. The van der Waals surface area contributed by atoms with Gasteiger partial charge in [-0.1, -0.05) is 105 Å². The van der Waals surface area contributed by atoms with Gasteiger partial charge in [-0.15, -0.1) is 0 Å². The zero-order valence-electron chi connectivity index (χ0n) is 23.2. The fourth-order valence-corrected chi connectivity index (χ4v) is 3.25. The topological polar surface area (TPSA) is 113 Å². The summed E-state index contributed by atoms with van der Waals surface area (Å²) < 4.78 is 10.8. The maximum absolute atomic E-state index is 11.9. The number of rotatable bonds is 22. The summed E-state index contributed by atoms with van der Waals surface area (Å²) >= 11 is 0. The van der Waals surface area contributed by atoms with E-state index >= 15 is 0 Å². The molecule has 0 aromatic heterocycles. The normalized spacial score (nSPS) is 11.2. The Labute approximate surface area is 215 Å². The Hall–Kier alpha value is -1.18. The van der Waals surface area contributed by atoms with Crippen molar-refractivity contribution >= 4 is 11.9 Å². The smallest absolute Gasteiger partial charge is 0.305 e. The van der Waals surface area contributed by atoms with Gasteiger partial charge in [0.05, 0.1) is 26.4 Å². The molecule has 7 nitrogen and oxygen atoms in total. The lowest BCUT2D eigenvalue weighted by molar-refractivity contribution is -0.152. The van der Waals surface area contributed by atoms with Crippen LogP contribution in [0.3, 0.4) is 0 Å². The molecular weight excluding hydrogens is 448 g/mol. The van der Waals surface area contributed by atoms with Crippen molar-refractivity contribution in [3.63, 3.8) is 0 Å². The van der Waals surface area contributed by atoms with Gasteiger partial charge in [0.15, 0.2) is 0 Å². The molecule has 0 unspecified atom stereocenters. The average molecular weight is 505 g/mol. The lowest BCUT2D eigenvalue weighted by Crippen LogP contribution is -2.28. The minimum Gasteiger partial charge on any atom is -0.465 e. The number of esters is 2. The maximum atomic E-state index is 11.9. The van der Waals surface area contributed by atoms with Crippen LogP contribution >= 0.6 is 0 Å². The van der Waals surface area contributed by atoms with Crippen LogP contribution in [0.25, 0.3) is 0 Å². The highest BCUT2D eigenvalue weighted by Crippen LogP contribution is 2.18. The van der Waals surface area contributed by atoms with Crippen molar-refractivity contribution in [1.82, 2.24) is 0 Å². The summed E-state index contributed by atoms with van der Waals surface area (Å²) in [5.74, 6) is -0.276. The number of carbonyl (C=O) groups is 2. The molecule has 0 amide bonds. The Bertz CT molecular complexity index is 440. The lowest BCUT2D eigenvalue weighted by atomic mass is 9.96. The molecule has 7 heteroatoms. The summed E-state index contributed by atoms with van der Waals surface area (Å²) in [5.41, 5.74) is -0.342. The van der Waals surface area contributed by atoms with Gasteiger partial charge in [-0.05, 0) is 12.8 Å². The molecule has 3 N–H and O–H groups in total. The second-order valence-corrected chi connectivity index (χ2v) is 10.2. The molecule has 0 aliphatic heterocycles. The van der Waals surface area contributed by atoms with Crippen LogP contribution in [0.2, 0.25) is 0 Å². The number of unbranched alkanes of at least 4 members (excludes halogenated alkanes) is 12. The van der Waals surface area contributed by atoms with E-state index in [1.807, 2.05) is 13.8 Å². The van der Waals surface area contributed by atoms with Gasteiger partial charge in [-0.2, -0.15) is 0 Å². The number of ether oxygens (including phenoxy) is 2. The highest BCUT2D eigenvalue weighted by atomic mass is 16.5. The van der Waals surface area contributed by atoms with Crippen LogP contribution in [-0.2, 0) is 19.1 Å². The van der Waals surface area contributed by atoms with Gasteiger partial charge in [0.1, 0.15) is 6.10 Å². The van der Waals surface area contributed by atoms with Gasteiger partial charge in [0.25, 0.3) is 0 Å². The quantitative estimate of drug-likeness (QED) is 0.128. The molecule has 0 fully saturated rings. The van der Waals surface area contributed by atoms with Crippen molar-refractivity contribution in [2.75, 3.05) is 26.4 Å². The fraction of sp³-hybridized carbons (Fsp3) is 0.929. The largest absolute Gasteiger partial charge is 0.465 e. The van der Waals surface area contributed by atoms with E-state index in [1.54, 1.807) is 0 Å². The number of hydrogen-bond acceptors (Lipinski definition) is 7. The van der Waals surface area contributed by atoms with Crippen molar-refractivity contribution in [1.29, 1.82) is 0 Å². The highest BCUT2D eigenvalue weighted by molar-refractivity contribution is 5.69. The molecule has 0 spiro atoms. The third-order valence-electron chi connectivity index (χ3n) is 5.64. The zero-order valence-corrected chi connectivity index (χ0v) is 23.2. The first-order valence-electron chi connectivity index (χ1n) is 13.9. The molecule has 0 bridgehead atoms. The van der Waals surface area contributed by atoms with E-state index < -0.39 is 6.10 Å². The fourth-order valence-electron chi connectivity index (χ4n) is 3.25. The summed E-state index contributed by atoms with van der Waals surface area (Å²) in [6.07, 6.45) is 16.7. The standard InChI is InChI=1S/C25H48O4.C3H8O3/c1-5-7-9-11-13-15-17-19-23(26)28-21-25(3,4)22-29-24(27)20-18-16-14-12-10-8-6-2;4-1-3(6)2-5/h5-22H2,1-4H3;3-6H,1-2H2. The van der Waals surface area contributed by atoms with E-state index in [9.17, 15) is 9.59 Å². The van der Waals surface area contributed by atoms with E-state index in [-0.39, 0.29) is 30.6 Å². The number of hydrogen-bond donors (Lipinski definition) is 3. The molecule has 0 heterocycles. The van der Waals surface area contributed by atoms with Crippen LogP contribution in [0, 0.1) is 5.41 Å². The van der Waals surface area contributed by atoms with E-state index in [0.717, 1.165) is 25.7 Å². The van der Waals surface area contributed by atoms with Crippen molar-refractivity contribution in [3.8, 4) is 0 Å². The van der Waals surface area contributed by atoms with Crippen molar-refractivity contribution in [3.05, 3.63) is 0 Å². The van der Waals surface area contributed by atoms with Crippen molar-refractivity contribution in [2.24, 2.45) is 5.41 Å². The molecule has 0 radical (unpaired) electrons. The summed E-state index contributed by atoms with van der Waals surface area (Å²) in [6.45, 7) is 8.24. The lowest BCUT2D eigenvalue weighted by Gasteiger charge is -2.23. The second kappa shape index (κ2) is 25.9. The molecule has 0 rings (SSSR count). The van der Waals surface area contributed by atoms with Gasteiger partial charge in [-0.25, -0.2) is 0 Å².